The van der Waals surface area contributed by atoms with Crippen molar-refractivity contribution in [1.29, 1.82) is 0 Å². The molecule has 2 aromatic rings. The molecule has 2 aromatic carbocycles. The highest BCUT2D eigenvalue weighted by molar-refractivity contribution is 8.17. The molecule has 114 valence electrons. The van der Waals surface area contributed by atoms with Crippen molar-refractivity contribution in [3.63, 3.8) is 0 Å². The van der Waals surface area contributed by atoms with E-state index in [9.17, 15) is 0 Å². The number of benzene rings is 2. The summed E-state index contributed by atoms with van der Waals surface area (Å²) in [5.74, 6) is 3.77. The summed E-state index contributed by atoms with van der Waals surface area (Å²) in [5.41, 5.74) is 0. The van der Waals surface area contributed by atoms with Crippen LogP contribution >= 0.6 is 10.9 Å². The quantitative estimate of drug-likeness (QED) is 0.651. The molecule has 0 unspecified atom stereocenters. The molecular formula is C18H24O2S. The molecular weight excluding hydrogens is 280 g/mol. The third kappa shape index (κ3) is 3.35. The second-order valence-corrected chi connectivity index (χ2v) is 7.97. The first-order valence-corrected chi connectivity index (χ1v) is 9.50. The van der Waals surface area contributed by atoms with Crippen LogP contribution in [0.2, 0.25) is 0 Å². The molecule has 3 heteroatoms. The highest BCUT2D eigenvalue weighted by atomic mass is 32.2. The molecule has 0 radical (unpaired) electrons. The van der Waals surface area contributed by atoms with Crippen LogP contribution in [-0.2, 0) is 4.74 Å². The van der Waals surface area contributed by atoms with E-state index in [1.54, 1.807) is 12.0 Å². The van der Waals surface area contributed by atoms with Crippen molar-refractivity contribution in [2.24, 2.45) is 0 Å². The Morgan fingerprint density at radius 1 is 0.905 bits per heavy atom. The third-order valence-corrected chi connectivity index (χ3v) is 6.89. The van der Waals surface area contributed by atoms with Crippen LogP contribution in [0.1, 0.15) is 19.3 Å². The molecule has 0 spiro atoms. The molecule has 1 heterocycles. The maximum atomic E-state index is 5.88. The first-order chi connectivity index (χ1) is 10.4. The highest BCUT2D eigenvalue weighted by Gasteiger charge is 2.15. The van der Waals surface area contributed by atoms with E-state index in [1.807, 2.05) is 0 Å². The molecule has 0 N–H and O–H groups in total. The van der Waals surface area contributed by atoms with Gasteiger partial charge in [-0.25, -0.2) is 10.9 Å². The van der Waals surface area contributed by atoms with Gasteiger partial charge in [-0.2, -0.15) is 0 Å². The zero-order chi connectivity index (χ0) is 14.5. The summed E-state index contributed by atoms with van der Waals surface area (Å²) in [5, 5.41) is 2.64. The van der Waals surface area contributed by atoms with Gasteiger partial charge in [0.2, 0.25) is 0 Å². The second kappa shape index (κ2) is 7.19. The van der Waals surface area contributed by atoms with E-state index in [4.69, 9.17) is 9.47 Å². The maximum Gasteiger partial charge on any atom is 0.127 e. The first kappa shape index (κ1) is 14.7. The van der Waals surface area contributed by atoms with Crippen molar-refractivity contribution < 1.29 is 9.47 Å². The van der Waals surface area contributed by atoms with Crippen molar-refractivity contribution in [3.8, 4) is 5.75 Å². The molecule has 0 aliphatic carbocycles. The molecule has 0 amide bonds. The largest absolute Gasteiger partial charge is 0.491 e. The fraction of sp³-hybridized carbons (Fsp3) is 0.444. The highest BCUT2D eigenvalue weighted by Crippen LogP contribution is 2.46. The Kier molecular flexibility index (Phi) is 5.04. The predicted octanol–water partition coefficient (Wildman–Crippen LogP) is 4.41. The minimum Gasteiger partial charge on any atom is -0.491 e. The number of hydrogen-bond acceptors (Lipinski definition) is 2. The Bertz CT molecular complexity index is 591. The lowest BCUT2D eigenvalue weighted by Crippen LogP contribution is -2.06. The van der Waals surface area contributed by atoms with E-state index in [-0.39, 0.29) is 10.9 Å². The van der Waals surface area contributed by atoms with E-state index >= 15 is 0 Å². The van der Waals surface area contributed by atoms with Crippen molar-refractivity contribution in [1.82, 2.24) is 0 Å². The zero-order valence-corrected chi connectivity index (χ0v) is 13.6. The second-order valence-electron chi connectivity index (χ2n) is 5.52. The molecule has 1 fully saturated rings. The van der Waals surface area contributed by atoms with E-state index in [0.717, 1.165) is 5.75 Å². The van der Waals surface area contributed by atoms with Gasteiger partial charge in [-0.15, -0.1) is 0 Å². The van der Waals surface area contributed by atoms with E-state index < -0.39 is 0 Å². The molecule has 21 heavy (non-hydrogen) atoms. The van der Waals surface area contributed by atoms with Gasteiger partial charge < -0.3 is 9.47 Å². The molecule has 0 saturated carbocycles. The summed E-state index contributed by atoms with van der Waals surface area (Å²) < 4.78 is 11.0. The lowest BCUT2D eigenvalue weighted by Gasteiger charge is -2.28. The van der Waals surface area contributed by atoms with Gasteiger partial charge in [0, 0.05) is 12.5 Å². The van der Waals surface area contributed by atoms with Crippen molar-refractivity contribution in [3.05, 3.63) is 36.4 Å². The minimum atomic E-state index is 0.0247. The number of ether oxygens (including phenoxy) is 2. The van der Waals surface area contributed by atoms with Crippen molar-refractivity contribution >= 4 is 21.7 Å². The summed E-state index contributed by atoms with van der Waals surface area (Å²) in [6, 6.07) is 13.1. The molecule has 1 aliphatic rings. The van der Waals surface area contributed by atoms with Gasteiger partial charge in [-0.1, -0.05) is 30.7 Å². The number of hydrogen-bond donors (Lipinski definition) is 1. The third-order valence-electron chi connectivity index (χ3n) is 4.10. The normalized spacial score (nSPS) is 17.1. The SMILES string of the molecule is COCCOc1ccc([SH]2CCCCC2)c2ccccc12. The van der Waals surface area contributed by atoms with Crippen LogP contribution in [0.4, 0.5) is 0 Å². The molecule has 3 rings (SSSR count). The minimum absolute atomic E-state index is 0.0247. The predicted molar refractivity (Wildman–Crippen MR) is 92.2 cm³/mol. The Morgan fingerprint density at radius 2 is 1.67 bits per heavy atom. The molecule has 1 saturated heterocycles. The summed E-state index contributed by atoms with van der Waals surface area (Å²) in [6.45, 7) is 1.23. The Balaban J connectivity index is 1.93. The summed E-state index contributed by atoms with van der Waals surface area (Å²) in [4.78, 5) is 1.57. The van der Waals surface area contributed by atoms with Crippen LogP contribution in [0.3, 0.4) is 0 Å². The van der Waals surface area contributed by atoms with Crippen LogP contribution in [0.25, 0.3) is 10.8 Å². The molecule has 1 aliphatic heterocycles. The molecule has 0 bridgehead atoms. The monoisotopic (exact) mass is 304 g/mol. The molecule has 0 atom stereocenters. The summed E-state index contributed by atoms with van der Waals surface area (Å²) >= 11 is 0. The fourth-order valence-corrected chi connectivity index (χ4v) is 5.76. The first-order valence-electron chi connectivity index (χ1n) is 7.78. The van der Waals surface area contributed by atoms with Crippen molar-refractivity contribution in [2.75, 3.05) is 31.8 Å². The van der Waals surface area contributed by atoms with Gasteiger partial charge in [-0.3, -0.25) is 0 Å². The Hall–Kier alpha value is -1.19. The molecule has 2 nitrogen and oxygen atoms in total. The van der Waals surface area contributed by atoms with Crippen molar-refractivity contribution in [2.45, 2.75) is 24.2 Å². The summed E-state index contributed by atoms with van der Waals surface area (Å²) in [6.07, 6.45) is 4.20. The Morgan fingerprint density at radius 3 is 2.43 bits per heavy atom. The van der Waals surface area contributed by atoms with Crippen LogP contribution in [0.5, 0.6) is 5.75 Å². The van der Waals surface area contributed by atoms with Crippen LogP contribution < -0.4 is 4.74 Å². The van der Waals surface area contributed by atoms with Gasteiger partial charge in [0.1, 0.15) is 12.4 Å². The maximum absolute atomic E-state index is 5.88. The van der Waals surface area contributed by atoms with Gasteiger partial charge >= 0.3 is 0 Å². The zero-order valence-electron chi connectivity index (χ0n) is 12.7. The fourth-order valence-electron chi connectivity index (χ4n) is 3.03. The number of thiol groups is 1. The average molecular weight is 304 g/mol. The number of fused-ring (bicyclic) bond motifs is 1. The number of rotatable bonds is 5. The Labute approximate surface area is 129 Å². The van der Waals surface area contributed by atoms with E-state index in [2.05, 4.69) is 36.4 Å². The van der Waals surface area contributed by atoms with Gasteiger partial charge in [0.15, 0.2) is 0 Å². The van der Waals surface area contributed by atoms with Crippen LogP contribution in [-0.4, -0.2) is 31.8 Å². The van der Waals surface area contributed by atoms with Crippen LogP contribution in [0, 0.1) is 0 Å². The van der Waals surface area contributed by atoms with E-state index in [1.165, 1.54) is 41.5 Å². The number of methoxy groups -OCH3 is 1. The lowest BCUT2D eigenvalue weighted by atomic mass is 10.1. The average Bonchev–Trinajstić information content (AvgIpc) is 2.56. The van der Waals surface area contributed by atoms with E-state index in [0.29, 0.717) is 13.2 Å². The van der Waals surface area contributed by atoms with Gasteiger partial charge in [0.05, 0.1) is 6.61 Å². The molecule has 0 aromatic heterocycles. The lowest BCUT2D eigenvalue weighted by molar-refractivity contribution is 0.147. The standard InChI is InChI=1S/C18H24O2S/c1-19-11-12-20-17-9-10-18(21-13-5-2-6-14-21)16-8-4-3-7-15(16)17/h3-4,7-10,21H,2,5-6,11-14H2,1H3. The smallest absolute Gasteiger partial charge is 0.127 e. The summed E-state index contributed by atoms with van der Waals surface area (Å²) in [7, 11) is 1.73. The van der Waals surface area contributed by atoms with Gasteiger partial charge in [0.25, 0.3) is 0 Å². The van der Waals surface area contributed by atoms with Crippen LogP contribution in [0.15, 0.2) is 41.3 Å². The topological polar surface area (TPSA) is 18.5 Å². The van der Waals surface area contributed by atoms with Gasteiger partial charge in [-0.05, 0) is 46.8 Å².